The molecule has 2 aliphatic heterocycles. The van der Waals surface area contributed by atoms with Crippen LogP contribution >= 0.6 is 0 Å². The summed E-state index contributed by atoms with van der Waals surface area (Å²) in [6, 6.07) is 11.5. The van der Waals surface area contributed by atoms with Crippen LogP contribution in [0.2, 0.25) is 0 Å². The number of Topliss-reactive ketones (excluding diaryl/α,β-unsaturated/α-hetero) is 1. The summed E-state index contributed by atoms with van der Waals surface area (Å²) in [6.07, 6.45) is 2.25. The van der Waals surface area contributed by atoms with Crippen molar-refractivity contribution in [1.29, 1.82) is 0 Å². The summed E-state index contributed by atoms with van der Waals surface area (Å²) in [5, 5.41) is 11.9. The van der Waals surface area contributed by atoms with Crippen molar-refractivity contribution >= 4 is 29.8 Å². The fourth-order valence-corrected chi connectivity index (χ4v) is 2.82. The Morgan fingerprint density at radius 3 is 2.57 bits per heavy atom. The normalized spacial score (nSPS) is 19.1. The van der Waals surface area contributed by atoms with Crippen LogP contribution < -0.4 is 10.1 Å². The predicted octanol–water partition coefficient (Wildman–Crippen LogP) is 1.97. The molecule has 0 spiro atoms. The third-order valence-electron chi connectivity index (χ3n) is 4.15. The van der Waals surface area contributed by atoms with Gasteiger partial charge in [0.25, 0.3) is 5.91 Å². The predicted molar refractivity (Wildman–Crippen MR) is 96.0 cm³/mol. The van der Waals surface area contributed by atoms with Gasteiger partial charge >= 0.3 is 12.0 Å². The van der Waals surface area contributed by atoms with Crippen LogP contribution in [0.25, 0.3) is 6.08 Å². The second-order valence-corrected chi connectivity index (χ2v) is 6.02. The maximum absolute atomic E-state index is 12.6. The molecule has 138 valence electrons. The molecule has 0 aliphatic carbocycles. The summed E-state index contributed by atoms with van der Waals surface area (Å²) in [5.41, 5.74) is 0.154. The number of amides is 3. The number of nitrogens with zero attached hydrogens (tertiary/aromatic N) is 1. The number of hydrogen-bond acceptors (Lipinski definition) is 6. The number of rotatable bonds is 2. The van der Waals surface area contributed by atoms with Gasteiger partial charge < -0.3 is 15.2 Å². The molecule has 0 aromatic heterocycles. The molecule has 2 aromatic carbocycles. The van der Waals surface area contributed by atoms with Crippen molar-refractivity contribution in [2.75, 3.05) is 0 Å². The molecule has 0 unspecified atom stereocenters. The lowest BCUT2D eigenvalue weighted by Crippen LogP contribution is -2.31. The number of nitrogens with one attached hydrogen (secondary N) is 1. The number of ketones is 1. The number of esters is 1. The van der Waals surface area contributed by atoms with Crippen molar-refractivity contribution in [3.8, 4) is 11.5 Å². The van der Waals surface area contributed by atoms with Crippen molar-refractivity contribution in [3.63, 3.8) is 0 Å². The van der Waals surface area contributed by atoms with Crippen molar-refractivity contribution in [2.45, 2.75) is 0 Å². The average Bonchev–Trinajstić information content (AvgIpc) is 2.92. The molecule has 2 aliphatic rings. The van der Waals surface area contributed by atoms with E-state index >= 15 is 0 Å². The lowest BCUT2D eigenvalue weighted by Gasteiger charge is -2.17. The molecular formula is C20H12N2O6. The summed E-state index contributed by atoms with van der Waals surface area (Å²) < 4.78 is 5.09. The van der Waals surface area contributed by atoms with E-state index in [1.54, 1.807) is 24.3 Å². The minimum absolute atomic E-state index is 0.000639. The molecule has 2 N–H and O–H groups in total. The molecule has 2 heterocycles. The Morgan fingerprint density at radius 2 is 1.79 bits per heavy atom. The molecule has 4 rings (SSSR count). The number of phenolic OH excluding ortho intramolecular Hbond substituents is 1. The van der Waals surface area contributed by atoms with Gasteiger partial charge in [0.05, 0.1) is 5.56 Å². The number of fused-ring (bicyclic) bond motifs is 1. The van der Waals surface area contributed by atoms with Crippen LogP contribution in [0.4, 0.5) is 4.79 Å². The van der Waals surface area contributed by atoms with E-state index in [1.807, 2.05) is 0 Å². The Balaban J connectivity index is 1.67. The Bertz CT molecular complexity index is 1120. The van der Waals surface area contributed by atoms with E-state index in [0.717, 1.165) is 6.20 Å². The van der Waals surface area contributed by atoms with Gasteiger partial charge in [-0.05, 0) is 35.9 Å². The van der Waals surface area contributed by atoms with E-state index in [1.165, 1.54) is 30.3 Å². The Labute approximate surface area is 158 Å². The molecule has 1 fully saturated rings. The van der Waals surface area contributed by atoms with Crippen molar-refractivity contribution in [3.05, 3.63) is 77.1 Å². The van der Waals surface area contributed by atoms with Crippen LogP contribution in [0, 0.1) is 0 Å². The third kappa shape index (κ3) is 2.92. The van der Waals surface area contributed by atoms with Gasteiger partial charge in [-0.25, -0.2) is 14.5 Å². The van der Waals surface area contributed by atoms with Gasteiger partial charge in [0.2, 0.25) is 5.78 Å². The van der Waals surface area contributed by atoms with Gasteiger partial charge in [-0.1, -0.05) is 24.3 Å². The molecule has 2 aromatic rings. The van der Waals surface area contributed by atoms with Crippen LogP contribution in [0.5, 0.6) is 11.5 Å². The fourth-order valence-electron chi connectivity index (χ4n) is 2.82. The quantitative estimate of drug-likeness (QED) is 0.272. The summed E-state index contributed by atoms with van der Waals surface area (Å²) in [5.74, 6) is -2.22. The maximum Gasteiger partial charge on any atom is 0.349 e. The van der Waals surface area contributed by atoms with Gasteiger partial charge in [0, 0.05) is 6.20 Å². The molecular weight excluding hydrogens is 364 g/mol. The molecule has 8 heteroatoms. The standard InChI is InChI=1S/C20H12N2O6/c23-12-5-3-4-11(8-12)9-15-18(25)22(20(27)21-15)10-14-17(24)13-6-1-2-7-16(13)28-19(14)26/h1-10,23H,(H,21,27)/b14-10-,15-9-. The maximum atomic E-state index is 12.6. The Hall–Kier alpha value is -4.20. The van der Waals surface area contributed by atoms with Crippen LogP contribution in [-0.4, -0.2) is 33.7 Å². The number of hydrogen-bond donors (Lipinski definition) is 2. The zero-order valence-corrected chi connectivity index (χ0v) is 14.2. The molecule has 0 atom stereocenters. The van der Waals surface area contributed by atoms with E-state index in [9.17, 15) is 24.3 Å². The average molecular weight is 376 g/mol. The highest BCUT2D eigenvalue weighted by Crippen LogP contribution is 2.28. The van der Waals surface area contributed by atoms with Gasteiger partial charge in [-0.3, -0.25) is 9.59 Å². The molecule has 3 amide bonds. The first-order valence-electron chi connectivity index (χ1n) is 8.17. The highest BCUT2D eigenvalue weighted by molar-refractivity contribution is 6.28. The van der Waals surface area contributed by atoms with E-state index in [-0.39, 0.29) is 22.8 Å². The number of carbonyl (C=O) groups is 4. The monoisotopic (exact) mass is 376 g/mol. The third-order valence-corrected chi connectivity index (χ3v) is 4.15. The van der Waals surface area contributed by atoms with Crippen molar-refractivity contribution < 1.29 is 29.0 Å². The van der Waals surface area contributed by atoms with Gasteiger partial charge in [0.15, 0.2) is 0 Å². The molecule has 1 saturated heterocycles. The summed E-state index contributed by atoms with van der Waals surface area (Å²) >= 11 is 0. The van der Waals surface area contributed by atoms with Crippen molar-refractivity contribution in [2.24, 2.45) is 0 Å². The molecule has 8 nitrogen and oxygen atoms in total. The highest BCUT2D eigenvalue weighted by atomic mass is 16.5. The zero-order chi connectivity index (χ0) is 19.8. The van der Waals surface area contributed by atoms with Crippen molar-refractivity contribution in [1.82, 2.24) is 10.2 Å². The van der Waals surface area contributed by atoms with E-state index in [2.05, 4.69) is 5.32 Å². The van der Waals surface area contributed by atoms with Gasteiger partial charge in [0.1, 0.15) is 22.8 Å². The first-order chi connectivity index (χ1) is 13.4. The second-order valence-electron chi connectivity index (χ2n) is 6.02. The summed E-state index contributed by atoms with van der Waals surface area (Å²) in [7, 11) is 0. The number of carbonyl (C=O) groups excluding carboxylic acids is 4. The smallest absolute Gasteiger partial charge is 0.349 e. The topological polar surface area (TPSA) is 113 Å². The molecule has 0 saturated carbocycles. The van der Waals surface area contributed by atoms with Gasteiger partial charge in [-0.15, -0.1) is 0 Å². The molecule has 28 heavy (non-hydrogen) atoms. The van der Waals surface area contributed by atoms with E-state index in [0.29, 0.717) is 10.5 Å². The number of aromatic hydroxyl groups is 1. The number of imide groups is 1. The summed E-state index contributed by atoms with van der Waals surface area (Å²) in [6.45, 7) is 0. The first-order valence-corrected chi connectivity index (χ1v) is 8.17. The fraction of sp³-hybridized carbons (Fsp3) is 0. The van der Waals surface area contributed by atoms with Crippen LogP contribution in [0.1, 0.15) is 15.9 Å². The van der Waals surface area contributed by atoms with E-state index < -0.39 is 29.3 Å². The second kappa shape index (κ2) is 6.51. The lowest BCUT2D eigenvalue weighted by atomic mass is 10.0. The number of phenols is 1. The number of para-hydroxylation sites is 1. The van der Waals surface area contributed by atoms with Crippen LogP contribution in [-0.2, 0) is 9.59 Å². The zero-order valence-electron chi connectivity index (χ0n) is 14.2. The Kier molecular flexibility index (Phi) is 4.00. The van der Waals surface area contributed by atoms with E-state index in [4.69, 9.17) is 4.74 Å². The van der Waals surface area contributed by atoms with Crippen LogP contribution in [0.3, 0.4) is 0 Å². The molecule has 0 radical (unpaired) electrons. The number of urea groups is 1. The summed E-state index contributed by atoms with van der Waals surface area (Å²) in [4.78, 5) is 50.1. The van der Waals surface area contributed by atoms with Gasteiger partial charge in [-0.2, -0.15) is 0 Å². The SMILES string of the molecule is O=C1Oc2ccccc2C(=O)/C1=C/N1C(=O)N/C(=C\c2cccc(O)c2)C1=O. The lowest BCUT2D eigenvalue weighted by molar-refractivity contribution is -0.130. The highest BCUT2D eigenvalue weighted by Gasteiger charge is 2.37. The number of benzene rings is 2. The van der Waals surface area contributed by atoms with Crippen LogP contribution in [0.15, 0.2) is 66.0 Å². The first kappa shape index (κ1) is 17.2. The minimum atomic E-state index is -0.949. The number of ether oxygens (including phenoxy) is 1. The Morgan fingerprint density at radius 1 is 1.00 bits per heavy atom. The minimum Gasteiger partial charge on any atom is -0.508 e. The largest absolute Gasteiger partial charge is 0.508 e. The molecule has 0 bridgehead atoms.